The molecule has 1 aliphatic rings. The van der Waals surface area contributed by atoms with E-state index >= 15 is 0 Å². The van der Waals surface area contributed by atoms with E-state index in [0.29, 0.717) is 30.3 Å². The molecule has 0 saturated heterocycles. The van der Waals surface area contributed by atoms with Crippen LogP contribution < -0.4 is 0 Å². The summed E-state index contributed by atoms with van der Waals surface area (Å²) in [6.07, 6.45) is 5.85. The smallest absolute Gasteiger partial charge is 0.330 e. The maximum absolute atomic E-state index is 11.7. The molecule has 0 amide bonds. The van der Waals surface area contributed by atoms with Crippen molar-refractivity contribution in [2.24, 2.45) is 11.8 Å². The van der Waals surface area contributed by atoms with Gasteiger partial charge in [-0.05, 0) is 59.8 Å². The number of rotatable bonds is 9. The summed E-state index contributed by atoms with van der Waals surface area (Å²) < 4.78 is 10.6. The van der Waals surface area contributed by atoms with Crippen LogP contribution in [0.25, 0.3) is 0 Å². The SMILES string of the molecule is CCOC(=O)/C=C(C)/C=C/[C@@H]1[C@@H](COC)[C@@]1(C)c1cc(C(C)C)cc(C(C)C)c1. The first-order valence-electron chi connectivity index (χ1n) is 10.8. The molecule has 3 heteroatoms. The zero-order valence-corrected chi connectivity index (χ0v) is 19.4. The van der Waals surface area contributed by atoms with Gasteiger partial charge in [0.15, 0.2) is 0 Å². The summed E-state index contributed by atoms with van der Waals surface area (Å²) >= 11 is 0. The van der Waals surface area contributed by atoms with E-state index in [1.807, 2.05) is 19.9 Å². The Kier molecular flexibility index (Phi) is 7.87. The number of hydrogen-bond donors (Lipinski definition) is 0. The minimum atomic E-state index is -0.284. The second-order valence-electron chi connectivity index (χ2n) is 9.07. The van der Waals surface area contributed by atoms with Crippen LogP contribution in [-0.2, 0) is 19.7 Å². The summed E-state index contributed by atoms with van der Waals surface area (Å²) in [5, 5.41) is 0. The van der Waals surface area contributed by atoms with Crippen molar-refractivity contribution in [2.75, 3.05) is 20.3 Å². The van der Waals surface area contributed by atoms with E-state index in [1.165, 1.54) is 16.7 Å². The van der Waals surface area contributed by atoms with Crippen molar-refractivity contribution in [3.05, 3.63) is 58.7 Å². The highest BCUT2D eigenvalue weighted by molar-refractivity contribution is 5.83. The van der Waals surface area contributed by atoms with E-state index in [2.05, 4.69) is 58.9 Å². The van der Waals surface area contributed by atoms with Gasteiger partial charge in [0.05, 0.1) is 13.2 Å². The van der Waals surface area contributed by atoms with Gasteiger partial charge in [-0.1, -0.05) is 65.0 Å². The maximum atomic E-state index is 11.7. The molecule has 1 aromatic rings. The van der Waals surface area contributed by atoms with E-state index in [4.69, 9.17) is 9.47 Å². The van der Waals surface area contributed by atoms with Crippen molar-refractivity contribution >= 4 is 5.97 Å². The molecule has 3 nitrogen and oxygen atoms in total. The van der Waals surface area contributed by atoms with Crippen molar-refractivity contribution < 1.29 is 14.3 Å². The molecule has 1 saturated carbocycles. The predicted octanol–water partition coefficient (Wildman–Crippen LogP) is 6.15. The van der Waals surface area contributed by atoms with Crippen LogP contribution in [0.15, 0.2) is 42.0 Å². The summed E-state index contributed by atoms with van der Waals surface area (Å²) in [6, 6.07) is 7.12. The van der Waals surface area contributed by atoms with Gasteiger partial charge in [0, 0.05) is 18.6 Å². The monoisotopic (exact) mass is 398 g/mol. The van der Waals surface area contributed by atoms with Crippen molar-refractivity contribution in [1.82, 2.24) is 0 Å². The van der Waals surface area contributed by atoms with E-state index < -0.39 is 0 Å². The number of carbonyl (C=O) groups excluding carboxylic acids is 1. The molecule has 3 atom stereocenters. The lowest BCUT2D eigenvalue weighted by Gasteiger charge is -2.19. The molecular weight excluding hydrogens is 360 g/mol. The van der Waals surface area contributed by atoms with Gasteiger partial charge in [-0.15, -0.1) is 0 Å². The van der Waals surface area contributed by atoms with E-state index in [-0.39, 0.29) is 11.4 Å². The minimum Gasteiger partial charge on any atom is -0.463 e. The number of methoxy groups -OCH3 is 1. The zero-order valence-electron chi connectivity index (χ0n) is 19.4. The largest absolute Gasteiger partial charge is 0.463 e. The van der Waals surface area contributed by atoms with Crippen LogP contribution in [0.3, 0.4) is 0 Å². The maximum Gasteiger partial charge on any atom is 0.330 e. The van der Waals surface area contributed by atoms with Gasteiger partial charge in [0.25, 0.3) is 0 Å². The molecule has 0 unspecified atom stereocenters. The number of hydrogen-bond acceptors (Lipinski definition) is 3. The second-order valence-corrected chi connectivity index (χ2v) is 9.07. The van der Waals surface area contributed by atoms with Gasteiger partial charge >= 0.3 is 5.97 Å². The van der Waals surface area contributed by atoms with Crippen molar-refractivity contribution in [3.8, 4) is 0 Å². The Morgan fingerprint density at radius 1 is 1.14 bits per heavy atom. The van der Waals surface area contributed by atoms with Gasteiger partial charge < -0.3 is 9.47 Å². The highest BCUT2D eigenvalue weighted by Crippen LogP contribution is 2.61. The van der Waals surface area contributed by atoms with Crippen LogP contribution >= 0.6 is 0 Å². The third kappa shape index (κ3) is 5.39. The molecule has 0 N–H and O–H groups in total. The lowest BCUT2D eigenvalue weighted by molar-refractivity contribution is -0.137. The molecule has 29 heavy (non-hydrogen) atoms. The molecular formula is C26H38O3. The van der Waals surface area contributed by atoms with Gasteiger partial charge in [-0.25, -0.2) is 4.79 Å². The van der Waals surface area contributed by atoms with E-state index in [0.717, 1.165) is 12.2 Å². The van der Waals surface area contributed by atoms with E-state index in [1.54, 1.807) is 13.2 Å². The lowest BCUT2D eigenvalue weighted by atomic mass is 9.86. The second kappa shape index (κ2) is 9.75. The van der Waals surface area contributed by atoms with Crippen LogP contribution in [0.4, 0.5) is 0 Å². The summed E-state index contributed by atoms with van der Waals surface area (Å²) in [7, 11) is 1.77. The quantitative estimate of drug-likeness (QED) is 0.284. The molecule has 0 radical (unpaired) electrons. The molecule has 1 aliphatic carbocycles. The predicted molar refractivity (Wildman–Crippen MR) is 120 cm³/mol. The van der Waals surface area contributed by atoms with Crippen LogP contribution in [0.5, 0.6) is 0 Å². The van der Waals surface area contributed by atoms with Crippen molar-refractivity contribution in [2.45, 2.75) is 65.7 Å². The van der Waals surface area contributed by atoms with E-state index in [9.17, 15) is 4.79 Å². The Labute approximate surface area is 177 Å². The molecule has 0 aromatic heterocycles. The fourth-order valence-corrected chi connectivity index (χ4v) is 4.16. The summed E-state index contributed by atoms with van der Waals surface area (Å²) in [6.45, 7) is 16.3. The third-order valence-electron chi connectivity index (χ3n) is 6.26. The molecule has 0 heterocycles. The van der Waals surface area contributed by atoms with Crippen LogP contribution in [0.2, 0.25) is 0 Å². The Balaban J connectivity index is 2.35. The summed E-state index contributed by atoms with van der Waals surface area (Å²) in [5.41, 5.74) is 5.16. The minimum absolute atomic E-state index is 0.0469. The zero-order chi connectivity index (χ0) is 21.8. The molecule has 0 spiro atoms. The molecule has 160 valence electrons. The number of ether oxygens (including phenoxy) is 2. The van der Waals surface area contributed by atoms with Gasteiger partial charge in [-0.3, -0.25) is 0 Å². The molecule has 1 aromatic carbocycles. The first kappa shape index (κ1) is 23.4. The third-order valence-corrected chi connectivity index (χ3v) is 6.26. The Morgan fingerprint density at radius 2 is 1.72 bits per heavy atom. The highest BCUT2D eigenvalue weighted by Gasteiger charge is 2.60. The Hall–Kier alpha value is -1.87. The Bertz CT molecular complexity index is 746. The lowest BCUT2D eigenvalue weighted by Crippen LogP contribution is -2.10. The van der Waals surface area contributed by atoms with Crippen LogP contribution in [0.1, 0.15) is 77.0 Å². The fraction of sp³-hybridized carbons (Fsp3) is 0.577. The molecule has 1 fully saturated rings. The highest BCUT2D eigenvalue weighted by atomic mass is 16.5. The average molecular weight is 399 g/mol. The summed E-state index contributed by atoms with van der Waals surface area (Å²) in [5.74, 6) is 1.53. The summed E-state index contributed by atoms with van der Waals surface area (Å²) in [4.78, 5) is 11.7. The number of esters is 1. The molecule has 2 rings (SSSR count). The number of benzene rings is 1. The first-order valence-corrected chi connectivity index (χ1v) is 10.8. The van der Waals surface area contributed by atoms with Crippen molar-refractivity contribution in [1.29, 1.82) is 0 Å². The molecule has 0 aliphatic heterocycles. The van der Waals surface area contributed by atoms with Crippen LogP contribution in [0, 0.1) is 11.8 Å². The standard InChI is InChI=1S/C26H38O3/c1-9-29-25(27)12-19(6)10-11-23-24(16-28-8)26(23,7)22-14-20(17(2)3)13-21(15-22)18(4)5/h10-15,17-18,23-24H,9,16H2,1-8H3/b11-10+,19-12+/t23-,24-,26+/m1/s1. The average Bonchev–Trinajstić information content (AvgIpc) is 3.23. The van der Waals surface area contributed by atoms with Gasteiger partial charge in [-0.2, -0.15) is 0 Å². The van der Waals surface area contributed by atoms with Crippen molar-refractivity contribution in [3.63, 3.8) is 0 Å². The number of allylic oxidation sites excluding steroid dienone is 3. The van der Waals surface area contributed by atoms with Crippen LogP contribution in [-0.4, -0.2) is 26.3 Å². The number of carbonyl (C=O) groups is 1. The Morgan fingerprint density at radius 3 is 2.21 bits per heavy atom. The topological polar surface area (TPSA) is 35.5 Å². The normalized spacial score (nSPS) is 24.6. The fourth-order valence-electron chi connectivity index (χ4n) is 4.16. The molecule has 0 bridgehead atoms. The van der Waals surface area contributed by atoms with Gasteiger partial charge in [0.1, 0.15) is 0 Å². The first-order chi connectivity index (χ1) is 13.6. The van der Waals surface area contributed by atoms with Gasteiger partial charge in [0.2, 0.25) is 0 Å².